The summed E-state index contributed by atoms with van der Waals surface area (Å²) in [6.07, 6.45) is 1.68. The first-order valence-electron chi connectivity index (χ1n) is 5.39. The van der Waals surface area contributed by atoms with Crippen molar-refractivity contribution in [2.75, 3.05) is 37.5 Å². The Morgan fingerprint density at radius 1 is 1.35 bits per heavy atom. The molecule has 8 nitrogen and oxygen atoms in total. The molecule has 0 atom stereocenters. The Morgan fingerprint density at radius 3 is 3.00 bits per heavy atom. The number of rotatable bonds is 2. The number of anilines is 2. The van der Waals surface area contributed by atoms with Crippen LogP contribution in [0, 0.1) is 0 Å². The second kappa shape index (κ2) is 4.15. The fourth-order valence-electron chi connectivity index (χ4n) is 1.76. The summed E-state index contributed by atoms with van der Waals surface area (Å²) in [7, 11) is 0. The highest BCUT2D eigenvalue weighted by atomic mass is 16.5. The Morgan fingerprint density at radius 2 is 2.18 bits per heavy atom. The molecule has 1 fully saturated rings. The first-order chi connectivity index (χ1) is 8.33. The van der Waals surface area contributed by atoms with Crippen LogP contribution in [0.25, 0.3) is 11.0 Å². The summed E-state index contributed by atoms with van der Waals surface area (Å²) in [5.41, 5.74) is 9.48. The largest absolute Gasteiger partial charge is 0.379 e. The SMILES string of the molecule is Nc1nc(NN2CCOCC2)c2cn[nH]c2n1. The average molecular weight is 235 g/mol. The molecule has 1 aliphatic rings. The van der Waals surface area contributed by atoms with Crippen molar-refractivity contribution < 1.29 is 4.74 Å². The van der Waals surface area contributed by atoms with Crippen LogP contribution in [0.4, 0.5) is 11.8 Å². The summed E-state index contributed by atoms with van der Waals surface area (Å²) in [6.45, 7) is 3.04. The van der Waals surface area contributed by atoms with Crippen molar-refractivity contribution in [2.45, 2.75) is 0 Å². The molecule has 90 valence electrons. The summed E-state index contributed by atoms with van der Waals surface area (Å²) in [5, 5.41) is 9.57. The minimum absolute atomic E-state index is 0.220. The maximum Gasteiger partial charge on any atom is 0.224 e. The van der Waals surface area contributed by atoms with Gasteiger partial charge in [-0.05, 0) is 0 Å². The molecule has 1 saturated heterocycles. The molecule has 0 amide bonds. The van der Waals surface area contributed by atoms with Crippen LogP contribution in [0.15, 0.2) is 6.20 Å². The van der Waals surface area contributed by atoms with Crippen molar-refractivity contribution >= 4 is 22.8 Å². The number of nitrogen functional groups attached to an aromatic ring is 1. The quantitative estimate of drug-likeness (QED) is 0.650. The Labute approximate surface area is 97.1 Å². The van der Waals surface area contributed by atoms with Crippen LogP contribution >= 0.6 is 0 Å². The number of hydrogen-bond acceptors (Lipinski definition) is 7. The lowest BCUT2D eigenvalue weighted by Crippen LogP contribution is -2.40. The zero-order valence-electron chi connectivity index (χ0n) is 9.18. The molecule has 0 unspecified atom stereocenters. The van der Waals surface area contributed by atoms with E-state index in [2.05, 4.69) is 25.6 Å². The molecule has 0 bridgehead atoms. The van der Waals surface area contributed by atoms with Gasteiger partial charge in [0.05, 0.1) is 24.8 Å². The minimum atomic E-state index is 0.220. The van der Waals surface area contributed by atoms with Gasteiger partial charge in [0.1, 0.15) is 0 Å². The lowest BCUT2D eigenvalue weighted by molar-refractivity contribution is 0.0495. The number of ether oxygens (including phenoxy) is 1. The molecule has 0 saturated carbocycles. The van der Waals surface area contributed by atoms with Crippen LogP contribution in [0.2, 0.25) is 0 Å². The van der Waals surface area contributed by atoms with Gasteiger partial charge in [0.15, 0.2) is 11.5 Å². The van der Waals surface area contributed by atoms with E-state index in [1.54, 1.807) is 6.20 Å². The highest BCUT2D eigenvalue weighted by Crippen LogP contribution is 2.19. The van der Waals surface area contributed by atoms with E-state index in [0.717, 1.165) is 18.5 Å². The zero-order valence-corrected chi connectivity index (χ0v) is 9.18. The molecule has 1 aliphatic heterocycles. The van der Waals surface area contributed by atoms with Gasteiger partial charge < -0.3 is 15.9 Å². The molecule has 8 heteroatoms. The molecule has 17 heavy (non-hydrogen) atoms. The third-order valence-corrected chi connectivity index (χ3v) is 2.60. The Hall–Kier alpha value is -1.93. The number of morpholine rings is 1. The molecule has 2 aromatic rings. The molecule has 4 N–H and O–H groups in total. The molecule has 2 aromatic heterocycles. The van der Waals surface area contributed by atoms with Crippen molar-refractivity contribution in [1.29, 1.82) is 0 Å². The maximum absolute atomic E-state index is 5.64. The van der Waals surface area contributed by atoms with E-state index < -0.39 is 0 Å². The smallest absolute Gasteiger partial charge is 0.224 e. The van der Waals surface area contributed by atoms with Gasteiger partial charge in [-0.15, -0.1) is 0 Å². The number of nitrogens with zero attached hydrogens (tertiary/aromatic N) is 4. The normalized spacial score (nSPS) is 17.4. The van der Waals surface area contributed by atoms with Gasteiger partial charge in [0.25, 0.3) is 0 Å². The van der Waals surface area contributed by atoms with Gasteiger partial charge in [0, 0.05) is 13.1 Å². The maximum atomic E-state index is 5.64. The second-order valence-electron chi connectivity index (χ2n) is 3.77. The molecule has 0 spiro atoms. The number of H-pyrrole nitrogens is 1. The average Bonchev–Trinajstić information content (AvgIpc) is 2.78. The van der Waals surface area contributed by atoms with Crippen LogP contribution in [-0.2, 0) is 4.74 Å². The summed E-state index contributed by atoms with van der Waals surface area (Å²) >= 11 is 0. The van der Waals surface area contributed by atoms with Crippen LogP contribution in [0.3, 0.4) is 0 Å². The fraction of sp³-hybridized carbons (Fsp3) is 0.444. The number of nitrogens with two attached hydrogens (primary N) is 1. The Kier molecular flexibility index (Phi) is 2.50. The molecule has 0 aromatic carbocycles. The first kappa shape index (κ1) is 10.2. The molecule has 3 rings (SSSR count). The number of nitrogens with one attached hydrogen (secondary N) is 2. The molecule has 0 radical (unpaired) electrons. The van der Waals surface area contributed by atoms with E-state index in [4.69, 9.17) is 10.5 Å². The minimum Gasteiger partial charge on any atom is -0.379 e. The zero-order chi connectivity index (χ0) is 11.7. The standard InChI is InChI=1S/C9H13N7O/c10-9-12-7-6(5-11-14-7)8(13-9)15-16-1-3-17-4-2-16/h5H,1-4H2,(H4,10,11,12,13,14,15). The lowest BCUT2D eigenvalue weighted by atomic mass is 10.4. The van der Waals surface area contributed by atoms with Crippen LogP contribution in [0.1, 0.15) is 0 Å². The van der Waals surface area contributed by atoms with E-state index in [-0.39, 0.29) is 5.95 Å². The predicted octanol–water partition coefficient (Wildman–Crippen LogP) is -0.406. The van der Waals surface area contributed by atoms with E-state index in [0.29, 0.717) is 24.7 Å². The molecular weight excluding hydrogens is 222 g/mol. The van der Waals surface area contributed by atoms with E-state index >= 15 is 0 Å². The molecule has 3 heterocycles. The van der Waals surface area contributed by atoms with Gasteiger partial charge in [-0.3, -0.25) is 5.10 Å². The van der Waals surface area contributed by atoms with Crippen molar-refractivity contribution in [3.63, 3.8) is 0 Å². The number of aromatic nitrogens is 4. The second-order valence-corrected chi connectivity index (χ2v) is 3.77. The Bertz CT molecular complexity index is 519. The number of fused-ring (bicyclic) bond motifs is 1. The molecular formula is C9H13N7O. The van der Waals surface area contributed by atoms with Gasteiger partial charge in [-0.25, -0.2) is 5.01 Å². The van der Waals surface area contributed by atoms with Crippen molar-refractivity contribution in [1.82, 2.24) is 25.2 Å². The summed E-state index contributed by atoms with van der Waals surface area (Å²) < 4.78 is 5.28. The summed E-state index contributed by atoms with van der Waals surface area (Å²) in [4.78, 5) is 8.24. The highest BCUT2D eigenvalue weighted by molar-refractivity contribution is 5.86. The van der Waals surface area contributed by atoms with E-state index in [9.17, 15) is 0 Å². The van der Waals surface area contributed by atoms with Gasteiger partial charge >= 0.3 is 0 Å². The van der Waals surface area contributed by atoms with Crippen LogP contribution < -0.4 is 11.2 Å². The topological polar surface area (TPSA) is 105 Å². The number of aromatic amines is 1. The third kappa shape index (κ3) is 1.99. The van der Waals surface area contributed by atoms with Gasteiger partial charge in [0.2, 0.25) is 5.95 Å². The van der Waals surface area contributed by atoms with Crippen molar-refractivity contribution in [3.8, 4) is 0 Å². The van der Waals surface area contributed by atoms with Crippen molar-refractivity contribution in [3.05, 3.63) is 6.20 Å². The van der Waals surface area contributed by atoms with Crippen LogP contribution in [-0.4, -0.2) is 51.5 Å². The van der Waals surface area contributed by atoms with Crippen molar-refractivity contribution in [2.24, 2.45) is 0 Å². The summed E-state index contributed by atoms with van der Waals surface area (Å²) in [6, 6.07) is 0. The fourth-order valence-corrected chi connectivity index (χ4v) is 1.76. The van der Waals surface area contributed by atoms with E-state index in [1.807, 2.05) is 5.01 Å². The number of hydrazine groups is 1. The number of hydrogen-bond donors (Lipinski definition) is 3. The van der Waals surface area contributed by atoms with Gasteiger partial charge in [-0.1, -0.05) is 0 Å². The monoisotopic (exact) mass is 235 g/mol. The lowest BCUT2D eigenvalue weighted by Gasteiger charge is -2.27. The first-order valence-corrected chi connectivity index (χ1v) is 5.39. The van der Waals surface area contributed by atoms with Gasteiger partial charge in [-0.2, -0.15) is 15.1 Å². The van der Waals surface area contributed by atoms with Crippen LogP contribution in [0.5, 0.6) is 0 Å². The highest BCUT2D eigenvalue weighted by Gasteiger charge is 2.14. The Balaban J connectivity index is 1.90. The summed E-state index contributed by atoms with van der Waals surface area (Å²) in [5.74, 6) is 0.889. The molecule has 0 aliphatic carbocycles. The third-order valence-electron chi connectivity index (χ3n) is 2.60. The predicted molar refractivity (Wildman–Crippen MR) is 62.1 cm³/mol. The van der Waals surface area contributed by atoms with E-state index in [1.165, 1.54) is 0 Å².